The van der Waals surface area contributed by atoms with Crippen molar-refractivity contribution in [3.05, 3.63) is 60.4 Å². The summed E-state index contributed by atoms with van der Waals surface area (Å²) < 4.78 is 0.751. The van der Waals surface area contributed by atoms with Crippen molar-refractivity contribution in [1.82, 2.24) is 9.78 Å². The zero-order valence-corrected chi connectivity index (χ0v) is 12.0. The van der Waals surface area contributed by atoms with Gasteiger partial charge >= 0.3 is 11.2 Å². The van der Waals surface area contributed by atoms with Crippen molar-refractivity contribution >= 4 is 17.2 Å². The van der Waals surface area contributed by atoms with Crippen molar-refractivity contribution in [3.63, 3.8) is 0 Å². The van der Waals surface area contributed by atoms with E-state index in [9.17, 15) is 29.8 Å². The van der Waals surface area contributed by atoms with Crippen LogP contribution < -0.4 is 5.56 Å². The molecule has 0 saturated heterocycles. The average Bonchev–Trinajstić information content (AvgIpc) is 2.48. The summed E-state index contributed by atoms with van der Waals surface area (Å²) in [7, 11) is 1.22. The number of hydrogen-bond acceptors (Lipinski definition) is 7. The topological polar surface area (TPSA) is 138 Å². The van der Waals surface area contributed by atoms with Gasteiger partial charge in [-0.3, -0.25) is 29.8 Å². The van der Waals surface area contributed by atoms with Gasteiger partial charge in [0.1, 0.15) is 11.3 Å². The highest BCUT2D eigenvalue weighted by atomic mass is 16.6. The first-order chi connectivity index (χ1) is 10.7. The van der Waals surface area contributed by atoms with E-state index in [4.69, 9.17) is 0 Å². The van der Waals surface area contributed by atoms with E-state index in [-0.39, 0.29) is 16.9 Å². The van der Waals surface area contributed by atoms with E-state index in [0.717, 1.165) is 11.6 Å². The lowest BCUT2D eigenvalue weighted by Crippen LogP contribution is -2.26. The summed E-state index contributed by atoms with van der Waals surface area (Å²) in [6.07, 6.45) is 0. The quantitative estimate of drug-likeness (QED) is 0.472. The summed E-state index contributed by atoms with van der Waals surface area (Å²) in [6, 6.07) is 4.97. The molecule has 0 bridgehead atoms. The molecule has 0 spiro atoms. The highest BCUT2D eigenvalue weighted by Gasteiger charge is 2.29. The third-order valence-electron chi connectivity index (χ3n) is 3.11. The fraction of sp³-hybridized carbons (Fsp3) is 0.154. The number of nitrogens with zero attached hydrogens (tertiary/aromatic N) is 4. The molecule has 0 N–H and O–H groups in total. The molecule has 2 aromatic rings. The van der Waals surface area contributed by atoms with Crippen molar-refractivity contribution in [1.29, 1.82) is 0 Å². The van der Waals surface area contributed by atoms with Crippen molar-refractivity contribution in [2.24, 2.45) is 7.05 Å². The second-order valence-electron chi connectivity index (χ2n) is 4.62. The molecular formula is C13H10N4O6. The van der Waals surface area contributed by atoms with Crippen LogP contribution in [0.5, 0.6) is 0 Å². The van der Waals surface area contributed by atoms with E-state index < -0.39 is 32.4 Å². The number of nitro groups is 2. The summed E-state index contributed by atoms with van der Waals surface area (Å²) in [6.45, 7) is 1.08. The van der Waals surface area contributed by atoms with Gasteiger partial charge in [-0.1, -0.05) is 0 Å². The summed E-state index contributed by atoms with van der Waals surface area (Å²) in [5.41, 5.74) is -2.32. The predicted molar refractivity (Wildman–Crippen MR) is 78.2 cm³/mol. The summed E-state index contributed by atoms with van der Waals surface area (Å²) in [5, 5.41) is 25.7. The fourth-order valence-electron chi connectivity index (χ4n) is 2.06. The Kier molecular flexibility index (Phi) is 3.99. The molecule has 1 heterocycles. The van der Waals surface area contributed by atoms with Crippen LogP contribution in [0, 0.1) is 20.2 Å². The molecule has 0 aliphatic heterocycles. The van der Waals surface area contributed by atoms with Gasteiger partial charge in [0.2, 0.25) is 0 Å². The van der Waals surface area contributed by atoms with Crippen LogP contribution in [0.1, 0.15) is 17.3 Å². The average molecular weight is 318 g/mol. The third kappa shape index (κ3) is 2.81. The highest BCUT2D eigenvalue weighted by molar-refractivity contribution is 6.03. The number of nitro benzene ring substituents is 1. The third-order valence-corrected chi connectivity index (χ3v) is 3.11. The molecule has 0 saturated carbocycles. The number of rotatable bonds is 4. The fourth-order valence-corrected chi connectivity index (χ4v) is 2.06. The van der Waals surface area contributed by atoms with Gasteiger partial charge in [0.05, 0.1) is 9.85 Å². The number of aromatic nitrogens is 2. The number of carbonyl (C=O) groups is 1. The lowest BCUT2D eigenvalue weighted by atomic mass is 10.0. The van der Waals surface area contributed by atoms with Crippen LogP contribution in [0.3, 0.4) is 0 Å². The minimum absolute atomic E-state index is 0.0822. The minimum atomic E-state index is -1.01. The van der Waals surface area contributed by atoms with Gasteiger partial charge in [0.25, 0.3) is 5.69 Å². The Morgan fingerprint density at radius 2 is 1.70 bits per heavy atom. The summed E-state index contributed by atoms with van der Waals surface area (Å²) in [4.78, 5) is 44.0. The lowest BCUT2D eigenvalue weighted by molar-refractivity contribution is -0.386. The Balaban J connectivity index is 2.81. The largest absolute Gasteiger partial charge is 0.348 e. The zero-order chi connectivity index (χ0) is 17.3. The van der Waals surface area contributed by atoms with Crippen molar-refractivity contribution < 1.29 is 14.6 Å². The Bertz CT molecular complexity index is 885. The smallest absolute Gasteiger partial charge is 0.294 e. The summed E-state index contributed by atoms with van der Waals surface area (Å²) in [5.74, 6) is -0.699. The van der Waals surface area contributed by atoms with Crippen LogP contribution in [0.2, 0.25) is 0 Å². The molecule has 0 aliphatic carbocycles. The number of aryl methyl sites for hydroxylation is 1. The second-order valence-corrected chi connectivity index (χ2v) is 4.62. The van der Waals surface area contributed by atoms with E-state index in [1.165, 1.54) is 31.3 Å². The molecule has 0 radical (unpaired) electrons. The normalized spacial score (nSPS) is 10.3. The number of ketones is 1. The van der Waals surface area contributed by atoms with Gasteiger partial charge in [0.15, 0.2) is 5.78 Å². The molecule has 0 aliphatic rings. The van der Waals surface area contributed by atoms with Gasteiger partial charge in [-0.2, -0.15) is 5.10 Å². The number of Topliss-reactive ketones (excluding diaryl/α,β-unsaturated/α-hetero) is 1. The lowest BCUT2D eigenvalue weighted by Gasteiger charge is -2.08. The summed E-state index contributed by atoms with van der Waals surface area (Å²) >= 11 is 0. The van der Waals surface area contributed by atoms with Gasteiger partial charge in [-0.05, 0) is 19.1 Å². The maximum atomic E-state index is 11.9. The molecule has 0 amide bonds. The SMILES string of the molecule is CC(=O)c1c(-c2ccc([N+](=O)[O-])cc2)nn(C)c(=O)c1[N+](=O)[O-]. The van der Waals surface area contributed by atoms with Crippen LogP contribution in [-0.4, -0.2) is 25.4 Å². The van der Waals surface area contributed by atoms with Crippen LogP contribution >= 0.6 is 0 Å². The van der Waals surface area contributed by atoms with Crippen LogP contribution in [0.15, 0.2) is 29.1 Å². The van der Waals surface area contributed by atoms with Crippen LogP contribution in [0.25, 0.3) is 11.3 Å². The van der Waals surface area contributed by atoms with Gasteiger partial charge in [-0.15, -0.1) is 0 Å². The molecule has 0 unspecified atom stereocenters. The van der Waals surface area contributed by atoms with Crippen LogP contribution in [-0.2, 0) is 7.05 Å². The molecule has 1 aromatic heterocycles. The number of benzene rings is 1. The molecular weight excluding hydrogens is 308 g/mol. The Hall–Kier alpha value is -3.43. The van der Waals surface area contributed by atoms with Gasteiger partial charge in [-0.25, -0.2) is 4.68 Å². The molecule has 118 valence electrons. The van der Waals surface area contributed by atoms with E-state index in [2.05, 4.69) is 5.10 Å². The first-order valence-corrected chi connectivity index (χ1v) is 6.25. The van der Waals surface area contributed by atoms with E-state index in [1.807, 2.05) is 0 Å². The van der Waals surface area contributed by atoms with Gasteiger partial charge < -0.3 is 0 Å². The highest BCUT2D eigenvalue weighted by Crippen LogP contribution is 2.27. The molecule has 1 aromatic carbocycles. The van der Waals surface area contributed by atoms with E-state index in [1.54, 1.807) is 0 Å². The van der Waals surface area contributed by atoms with Crippen LogP contribution in [0.4, 0.5) is 11.4 Å². The molecule has 2 rings (SSSR count). The number of non-ortho nitro benzene ring substituents is 1. The maximum absolute atomic E-state index is 11.9. The number of carbonyl (C=O) groups excluding carboxylic acids is 1. The standard InChI is InChI=1S/C13H10N4O6/c1-7(18)10-11(8-3-5-9(6-4-8)16(20)21)14-15(2)13(19)12(10)17(22)23/h3-6H,1-2H3. The second kappa shape index (κ2) is 5.75. The zero-order valence-electron chi connectivity index (χ0n) is 12.0. The van der Waals surface area contributed by atoms with Gasteiger partial charge in [0, 0.05) is 24.7 Å². The van der Waals surface area contributed by atoms with Crippen molar-refractivity contribution in [3.8, 4) is 11.3 Å². The Morgan fingerprint density at radius 1 is 1.13 bits per heavy atom. The Morgan fingerprint density at radius 3 is 2.13 bits per heavy atom. The van der Waals surface area contributed by atoms with Crippen molar-refractivity contribution in [2.75, 3.05) is 0 Å². The predicted octanol–water partition coefficient (Wildman–Crippen LogP) is 1.47. The van der Waals surface area contributed by atoms with E-state index in [0.29, 0.717) is 0 Å². The molecule has 0 fully saturated rings. The molecule has 0 atom stereocenters. The minimum Gasteiger partial charge on any atom is -0.294 e. The Labute approximate surface area is 128 Å². The van der Waals surface area contributed by atoms with E-state index >= 15 is 0 Å². The molecule has 10 heteroatoms. The molecule has 10 nitrogen and oxygen atoms in total. The number of hydrogen-bond donors (Lipinski definition) is 0. The first kappa shape index (κ1) is 15.9. The maximum Gasteiger partial charge on any atom is 0.348 e. The van der Waals surface area contributed by atoms with Crippen molar-refractivity contribution in [2.45, 2.75) is 6.92 Å². The monoisotopic (exact) mass is 318 g/mol. The first-order valence-electron chi connectivity index (χ1n) is 6.25. The molecule has 23 heavy (non-hydrogen) atoms.